The number of ether oxygens (including phenoxy) is 1. The zero-order chi connectivity index (χ0) is 27.4. The molecule has 4 rings (SSSR count). The van der Waals surface area contributed by atoms with Crippen LogP contribution in [0, 0.1) is 12.8 Å². The predicted octanol–water partition coefficient (Wildman–Crippen LogP) is 6.49. The lowest BCUT2D eigenvalue weighted by atomic mass is 10.00. The van der Waals surface area contributed by atoms with Gasteiger partial charge in [0.1, 0.15) is 5.69 Å². The maximum absolute atomic E-state index is 12.3. The normalized spacial score (nSPS) is 10.9. The first kappa shape index (κ1) is 26.7. The van der Waals surface area contributed by atoms with Crippen molar-refractivity contribution >= 4 is 23.3 Å². The van der Waals surface area contributed by atoms with E-state index in [0.717, 1.165) is 28.1 Å². The molecule has 1 N–H and O–H groups in total. The molecule has 0 bridgehead atoms. The molecule has 196 valence electrons. The number of benzene rings is 3. The first-order valence-electron chi connectivity index (χ1n) is 12.7. The van der Waals surface area contributed by atoms with E-state index in [1.165, 1.54) is 6.92 Å². The number of aromatic nitrogens is 2. The maximum atomic E-state index is 12.3. The number of hydrogen-bond acceptors (Lipinski definition) is 5. The fourth-order valence-corrected chi connectivity index (χ4v) is 4.26. The molecule has 0 aliphatic carbocycles. The lowest BCUT2D eigenvalue weighted by molar-refractivity contribution is -0.132. The van der Waals surface area contributed by atoms with Crippen LogP contribution < -0.4 is 15.0 Å². The lowest BCUT2D eigenvalue weighted by Crippen LogP contribution is -2.13. The van der Waals surface area contributed by atoms with E-state index in [1.54, 1.807) is 4.68 Å². The zero-order valence-electron chi connectivity index (χ0n) is 22.8. The van der Waals surface area contributed by atoms with Gasteiger partial charge in [0.25, 0.3) is 0 Å². The van der Waals surface area contributed by atoms with E-state index in [4.69, 9.17) is 9.84 Å². The topological polar surface area (TPSA) is 76.5 Å². The Hall–Kier alpha value is -4.39. The molecule has 7 heteroatoms. The molecule has 0 atom stereocenters. The monoisotopic (exact) mass is 510 g/mol. The van der Waals surface area contributed by atoms with Gasteiger partial charge in [-0.15, -0.1) is 0 Å². The van der Waals surface area contributed by atoms with Crippen LogP contribution in [0.1, 0.15) is 32.8 Å². The summed E-state index contributed by atoms with van der Waals surface area (Å²) in [5, 5.41) is 7.93. The Morgan fingerprint density at radius 1 is 0.974 bits per heavy atom. The lowest BCUT2D eigenvalue weighted by Gasteiger charge is -2.14. The van der Waals surface area contributed by atoms with Crippen molar-refractivity contribution in [3.8, 4) is 34.0 Å². The molecule has 1 heterocycles. The number of carbonyl (C=O) groups excluding carboxylic acids is 2. The van der Waals surface area contributed by atoms with Gasteiger partial charge < -0.3 is 15.0 Å². The molecule has 0 saturated heterocycles. The third-order valence-corrected chi connectivity index (χ3v) is 6.02. The number of carbonyl (C=O) groups is 2. The Morgan fingerprint density at radius 3 is 2.32 bits per heavy atom. The second-order valence-electron chi connectivity index (χ2n) is 10.0. The first-order valence-corrected chi connectivity index (χ1v) is 12.7. The third-order valence-electron chi connectivity index (χ3n) is 6.02. The average molecular weight is 511 g/mol. The molecule has 0 unspecified atom stereocenters. The molecule has 0 aliphatic heterocycles. The molecular weight excluding hydrogens is 476 g/mol. The van der Waals surface area contributed by atoms with Crippen LogP contribution in [-0.4, -0.2) is 35.8 Å². The largest absolute Gasteiger partial charge is 0.407 e. The van der Waals surface area contributed by atoms with E-state index in [-0.39, 0.29) is 11.8 Å². The number of esters is 1. The van der Waals surface area contributed by atoms with Crippen LogP contribution >= 0.6 is 0 Å². The van der Waals surface area contributed by atoms with Crippen molar-refractivity contribution in [2.75, 3.05) is 24.3 Å². The molecule has 7 nitrogen and oxygen atoms in total. The Balaban J connectivity index is 1.90. The molecule has 0 spiro atoms. The van der Waals surface area contributed by atoms with Crippen molar-refractivity contribution in [3.63, 3.8) is 0 Å². The van der Waals surface area contributed by atoms with E-state index in [2.05, 4.69) is 11.4 Å². The standard InChI is InChI=1S/C31H34N4O3/c1-20(2)17-28(37)32-25-15-13-23(14-16-25)29-30(24-10-8-11-26(19-24)34(5)6)33-35(31(29)38-22(4)36)27-12-7-9-21(3)18-27/h7-16,18-20H,17H2,1-6H3,(H,32,37). The smallest absolute Gasteiger partial charge is 0.309 e. The van der Waals surface area contributed by atoms with Crippen LogP contribution in [0.5, 0.6) is 5.88 Å². The zero-order valence-corrected chi connectivity index (χ0v) is 22.8. The van der Waals surface area contributed by atoms with Crippen molar-refractivity contribution in [3.05, 3.63) is 78.4 Å². The van der Waals surface area contributed by atoms with Gasteiger partial charge in [-0.1, -0.05) is 50.2 Å². The molecule has 3 aromatic carbocycles. The van der Waals surface area contributed by atoms with Crippen LogP contribution in [0.25, 0.3) is 28.1 Å². The summed E-state index contributed by atoms with van der Waals surface area (Å²) < 4.78 is 7.51. The summed E-state index contributed by atoms with van der Waals surface area (Å²) in [6.07, 6.45) is 0.452. The molecular formula is C31H34N4O3. The van der Waals surface area contributed by atoms with E-state index in [9.17, 15) is 9.59 Å². The summed E-state index contributed by atoms with van der Waals surface area (Å²) in [6.45, 7) is 7.42. The van der Waals surface area contributed by atoms with Gasteiger partial charge in [-0.2, -0.15) is 9.78 Å². The Morgan fingerprint density at radius 2 is 1.68 bits per heavy atom. The second kappa shape index (κ2) is 11.3. The molecule has 38 heavy (non-hydrogen) atoms. The molecule has 0 radical (unpaired) electrons. The molecule has 1 amide bonds. The highest BCUT2D eigenvalue weighted by atomic mass is 16.5. The minimum absolute atomic E-state index is 0.0261. The van der Waals surface area contributed by atoms with E-state index in [0.29, 0.717) is 29.2 Å². The summed E-state index contributed by atoms with van der Waals surface area (Å²) in [4.78, 5) is 26.6. The van der Waals surface area contributed by atoms with Crippen molar-refractivity contribution in [2.24, 2.45) is 5.92 Å². The molecule has 0 aliphatic rings. The molecule has 0 saturated carbocycles. The van der Waals surface area contributed by atoms with Gasteiger partial charge in [-0.25, -0.2) is 0 Å². The third kappa shape index (κ3) is 6.11. The number of nitrogens with one attached hydrogen (secondary N) is 1. The van der Waals surface area contributed by atoms with Crippen LogP contribution in [0.4, 0.5) is 11.4 Å². The number of rotatable bonds is 8. The minimum atomic E-state index is -0.439. The van der Waals surface area contributed by atoms with E-state index in [1.807, 2.05) is 106 Å². The van der Waals surface area contributed by atoms with Gasteiger partial charge in [-0.3, -0.25) is 9.59 Å². The first-order chi connectivity index (χ1) is 18.1. The van der Waals surface area contributed by atoms with E-state index < -0.39 is 5.97 Å². The minimum Gasteiger partial charge on any atom is -0.407 e. The molecule has 4 aromatic rings. The van der Waals surface area contributed by atoms with Crippen molar-refractivity contribution in [1.82, 2.24) is 9.78 Å². The summed E-state index contributed by atoms with van der Waals surface area (Å²) in [5.74, 6) is 0.145. The fraction of sp³-hybridized carbons (Fsp3) is 0.258. The quantitative estimate of drug-likeness (QED) is 0.274. The predicted molar refractivity (Wildman–Crippen MR) is 153 cm³/mol. The summed E-state index contributed by atoms with van der Waals surface area (Å²) >= 11 is 0. The Labute approximate surface area is 224 Å². The molecule has 1 aromatic heterocycles. The molecule has 0 fully saturated rings. The van der Waals surface area contributed by atoms with Gasteiger partial charge >= 0.3 is 5.97 Å². The highest BCUT2D eigenvalue weighted by molar-refractivity contribution is 5.92. The Bertz CT molecular complexity index is 1450. The van der Waals surface area contributed by atoms with Crippen molar-refractivity contribution in [1.29, 1.82) is 0 Å². The number of amides is 1. The van der Waals surface area contributed by atoms with Gasteiger partial charge in [0.05, 0.1) is 11.3 Å². The number of nitrogens with zero attached hydrogens (tertiary/aromatic N) is 3. The van der Waals surface area contributed by atoms with Gasteiger partial charge in [-0.05, 0) is 60.4 Å². The van der Waals surface area contributed by atoms with Gasteiger partial charge in [0, 0.05) is 44.4 Å². The average Bonchev–Trinajstić information content (AvgIpc) is 3.22. The summed E-state index contributed by atoms with van der Waals surface area (Å²) in [7, 11) is 3.98. The van der Waals surface area contributed by atoms with Crippen LogP contribution in [0.15, 0.2) is 72.8 Å². The highest BCUT2D eigenvalue weighted by Crippen LogP contribution is 2.42. The van der Waals surface area contributed by atoms with Crippen LogP contribution in [-0.2, 0) is 9.59 Å². The van der Waals surface area contributed by atoms with Gasteiger partial charge in [0.2, 0.25) is 11.8 Å². The Kier molecular flexibility index (Phi) is 7.96. The number of aryl methyl sites for hydroxylation is 1. The van der Waals surface area contributed by atoms with Crippen molar-refractivity contribution < 1.29 is 14.3 Å². The number of anilines is 2. The van der Waals surface area contributed by atoms with E-state index >= 15 is 0 Å². The highest BCUT2D eigenvalue weighted by Gasteiger charge is 2.25. The summed E-state index contributed by atoms with van der Waals surface area (Å²) in [6, 6.07) is 23.5. The van der Waals surface area contributed by atoms with Crippen LogP contribution in [0.2, 0.25) is 0 Å². The SMILES string of the molecule is CC(=O)Oc1c(-c2ccc(NC(=O)CC(C)C)cc2)c(-c2cccc(N(C)C)c2)nn1-c1cccc(C)c1. The van der Waals surface area contributed by atoms with Crippen LogP contribution in [0.3, 0.4) is 0 Å². The maximum Gasteiger partial charge on any atom is 0.309 e. The second-order valence-corrected chi connectivity index (χ2v) is 10.0. The fourth-order valence-electron chi connectivity index (χ4n) is 4.26. The van der Waals surface area contributed by atoms with Gasteiger partial charge in [0.15, 0.2) is 0 Å². The van der Waals surface area contributed by atoms with Crippen molar-refractivity contribution in [2.45, 2.75) is 34.1 Å². The number of hydrogen-bond donors (Lipinski definition) is 1. The summed E-state index contributed by atoms with van der Waals surface area (Å²) in [5.41, 5.74) is 6.65.